The molecule has 1 fully saturated rings. The largest absolute Gasteiger partial charge is 0.461 e. The maximum Gasteiger partial charge on any atom is 0.330 e. The number of aliphatic hydroxyl groups excluding tert-OH is 1. The minimum atomic E-state index is -1.22. The van der Waals surface area contributed by atoms with Crippen molar-refractivity contribution in [2.75, 3.05) is 24.7 Å². The van der Waals surface area contributed by atoms with Gasteiger partial charge in [0.2, 0.25) is 0 Å². The summed E-state index contributed by atoms with van der Waals surface area (Å²) in [6, 6.07) is 7.05. The lowest BCUT2D eigenvalue weighted by atomic mass is 10.2. The number of para-hydroxylation sites is 1. The van der Waals surface area contributed by atoms with E-state index in [1.807, 2.05) is 0 Å². The summed E-state index contributed by atoms with van der Waals surface area (Å²) < 4.78 is 9.73. The van der Waals surface area contributed by atoms with Crippen LogP contribution in [0.15, 0.2) is 52.4 Å². The second kappa shape index (κ2) is 9.73. The number of thioether (sulfide) groups is 1. The van der Waals surface area contributed by atoms with Gasteiger partial charge in [-0.2, -0.15) is 0 Å². The van der Waals surface area contributed by atoms with Crippen molar-refractivity contribution in [3.63, 3.8) is 0 Å². The van der Waals surface area contributed by atoms with Gasteiger partial charge < -0.3 is 19.5 Å². The number of amides is 2. The Bertz CT molecular complexity index is 986. The number of aliphatic hydroxyl groups is 1. The quantitative estimate of drug-likeness (QED) is 0.219. The molecule has 3 N–H and O–H groups in total. The first-order chi connectivity index (χ1) is 14.8. The molecule has 0 radical (unpaired) electrons. The molecule has 0 saturated carbocycles. The van der Waals surface area contributed by atoms with Gasteiger partial charge in [0.05, 0.1) is 10.7 Å². The van der Waals surface area contributed by atoms with E-state index in [0.717, 1.165) is 22.7 Å². The summed E-state index contributed by atoms with van der Waals surface area (Å²) in [6.45, 7) is 2.13. The highest BCUT2D eigenvalue weighted by Gasteiger charge is 2.37. The van der Waals surface area contributed by atoms with E-state index in [1.165, 1.54) is 4.90 Å². The summed E-state index contributed by atoms with van der Waals surface area (Å²) in [6.07, 6.45) is -0.276. The number of nitrogens with zero attached hydrogens (tertiary/aromatic N) is 1. The van der Waals surface area contributed by atoms with Crippen molar-refractivity contribution in [1.82, 2.24) is 10.6 Å². The molecular formula is C19H17N3O7S2. The van der Waals surface area contributed by atoms with Crippen molar-refractivity contribution in [2.45, 2.75) is 11.0 Å². The number of benzene rings is 1. The molecule has 0 spiro atoms. The van der Waals surface area contributed by atoms with E-state index in [4.69, 9.17) is 17.0 Å². The van der Waals surface area contributed by atoms with Gasteiger partial charge >= 0.3 is 11.9 Å². The van der Waals surface area contributed by atoms with Gasteiger partial charge in [-0.15, -0.1) is 0 Å². The first-order valence-corrected chi connectivity index (χ1v) is 10.1. The van der Waals surface area contributed by atoms with Gasteiger partial charge in [-0.1, -0.05) is 30.5 Å². The number of anilines is 1. The maximum atomic E-state index is 12.4. The van der Waals surface area contributed by atoms with Gasteiger partial charge in [-0.3, -0.25) is 25.0 Å². The molecule has 0 aromatic heterocycles. The Morgan fingerprint density at radius 2 is 1.84 bits per heavy atom. The molecule has 2 aliphatic heterocycles. The number of ether oxygens (including phenoxy) is 2. The number of rotatable bonds is 7. The molecule has 3 rings (SSSR count). The molecule has 162 valence electrons. The second-order valence-electron chi connectivity index (χ2n) is 6.24. The molecule has 1 saturated heterocycles. The molecular weight excluding hydrogens is 446 g/mol. The van der Waals surface area contributed by atoms with Crippen molar-refractivity contribution in [3.8, 4) is 0 Å². The lowest BCUT2D eigenvalue weighted by Crippen LogP contribution is -2.52. The number of esters is 2. The molecule has 1 atom stereocenters. The third kappa shape index (κ3) is 5.29. The fourth-order valence-corrected chi connectivity index (χ4v) is 4.07. The summed E-state index contributed by atoms with van der Waals surface area (Å²) in [7, 11) is 0. The van der Waals surface area contributed by atoms with E-state index in [1.54, 1.807) is 24.3 Å². The fourth-order valence-electron chi connectivity index (χ4n) is 2.69. The lowest BCUT2D eigenvalue weighted by Gasteiger charge is -2.24. The van der Waals surface area contributed by atoms with Crippen LogP contribution in [0.4, 0.5) is 5.69 Å². The SMILES string of the molecule is C=CC(=O)OCC(O)COC(=O)CN1C(=C2C(=O)NC(=S)NC2=O)Sc2ccccc21. The maximum absolute atomic E-state index is 12.4. The van der Waals surface area contributed by atoms with Crippen LogP contribution in [-0.4, -0.2) is 59.8 Å². The van der Waals surface area contributed by atoms with Crippen molar-refractivity contribution in [2.24, 2.45) is 0 Å². The van der Waals surface area contributed by atoms with Crippen molar-refractivity contribution in [1.29, 1.82) is 0 Å². The normalized spacial score (nSPS) is 16.3. The van der Waals surface area contributed by atoms with Crippen LogP contribution in [0.5, 0.6) is 0 Å². The van der Waals surface area contributed by atoms with E-state index in [2.05, 4.69) is 21.9 Å². The Morgan fingerprint density at radius 3 is 2.52 bits per heavy atom. The third-order valence-corrected chi connectivity index (χ3v) is 5.43. The van der Waals surface area contributed by atoms with Crippen molar-refractivity contribution in [3.05, 3.63) is 47.5 Å². The first-order valence-electron chi connectivity index (χ1n) is 8.88. The summed E-state index contributed by atoms with van der Waals surface area (Å²) in [5.41, 5.74) is 0.431. The zero-order valence-corrected chi connectivity index (χ0v) is 17.6. The predicted octanol–water partition coefficient (Wildman–Crippen LogP) is -0.0255. The van der Waals surface area contributed by atoms with Gasteiger partial charge in [0.15, 0.2) is 5.11 Å². The number of hydrogen-bond acceptors (Lipinski definition) is 10. The van der Waals surface area contributed by atoms with Crippen LogP contribution >= 0.6 is 24.0 Å². The number of hydrogen-bond donors (Lipinski definition) is 3. The zero-order chi connectivity index (χ0) is 22.5. The van der Waals surface area contributed by atoms with Crippen LogP contribution in [0, 0.1) is 0 Å². The highest BCUT2D eigenvalue weighted by molar-refractivity contribution is 8.03. The van der Waals surface area contributed by atoms with Gasteiger partial charge in [0.1, 0.15) is 31.4 Å². The summed E-state index contributed by atoms with van der Waals surface area (Å²) in [5, 5.41) is 14.7. The van der Waals surface area contributed by atoms with Gasteiger partial charge in [0, 0.05) is 11.0 Å². The van der Waals surface area contributed by atoms with Crippen LogP contribution in [0.1, 0.15) is 0 Å². The number of carbonyl (C=O) groups is 4. The third-order valence-electron chi connectivity index (χ3n) is 4.04. The number of nitrogens with one attached hydrogen (secondary N) is 2. The molecule has 0 aliphatic carbocycles. The molecule has 2 heterocycles. The Labute approximate surface area is 186 Å². The standard InChI is InChI=1S/C19H17N3O7S2/c1-2-13(24)28-8-10(23)9-29-14(25)7-22-11-5-3-4-6-12(11)31-18(22)15-16(26)20-19(30)21-17(15)27/h2-6,10,23H,1,7-9H2,(H2,20,21,26,27,30). The van der Waals surface area contributed by atoms with Crippen molar-refractivity contribution >= 4 is 58.5 Å². The summed E-state index contributed by atoms with van der Waals surface area (Å²) in [5.74, 6) is -2.80. The van der Waals surface area contributed by atoms with E-state index < -0.39 is 36.5 Å². The Hall–Kier alpha value is -3.22. The highest BCUT2D eigenvalue weighted by Crippen LogP contribution is 2.47. The Kier molecular flexibility index (Phi) is 7.05. The van der Waals surface area contributed by atoms with E-state index in [9.17, 15) is 24.3 Å². The second-order valence-corrected chi connectivity index (χ2v) is 7.68. The van der Waals surface area contributed by atoms with Crippen LogP contribution in [0.2, 0.25) is 0 Å². The predicted molar refractivity (Wildman–Crippen MR) is 114 cm³/mol. The molecule has 12 heteroatoms. The van der Waals surface area contributed by atoms with Crippen LogP contribution in [0.25, 0.3) is 0 Å². The molecule has 10 nitrogen and oxygen atoms in total. The average Bonchev–Trinajstić information content (AvgIpc) is 3.07. The minimum absolute atomic E-state index is 0.100. The lowest BCUT2D eigenvalue weighted by molar-refractivity contribution is -0.148. The number of fused-ring (bicyclic) bond motifs is 1. The van der Waals surface area contributed by atoms with Crippen molar-refractivity contribution < 1.29 is 33.8 Å². The Morgan fingerprint density at radius 1 is 1.19 bits per heavy atom. The Balaban J connectivity index is 1.74. The minimum Gasteiger partial charge on any atom is -0.461 e. The molecule has 31 heavy (non-hydrogen) atoms. The molecule has 1 unspecified atom stereocenters. The topological polar surface area (TPSA) is 134 Å². The van der Waals surface area contributed by atoms with E-state index in [0.29, 0.717) is 5.69 Å². The van der Waals surface area contributed by atoms with E-state index in [-0.39, 0.29) is 28.9 Å². The van der Waals surface area contributed by atoms with Gasteiger partial charge in [-0.05, 0) is 24.4 Å². The monoisotopic (exact) mass is 463 g/mol. The molecule has 0 bridgehead atoms. The molecule has 1 aromatic rings. The van der Waals surface area contributed by atoms with Crippen LogP contribution in [0.3, 0.4) is 0 Å². The van der Waals surface area contributed by atoms with E-state index >= 15 is 0 Å². The van der Waals surface area contributed by atoms with Crippen LogP contribution < -0.4 is 15.5 Å². The molecule has 1 aromatic carbocycles. The van der Waals surface area contributed by atoms with Crippen LogP contribution in [-0.2, 0) is 28.7 Å². The summed E-state index contributed by atoms with van der Waals surface area (Å²) >= 11 is 5.98. The molecule has 2 amide bonds. The first kappa shape index (κ1) is 22.5. The number of thiocarbonyl (C=S) groups is 1. The van der Waals surface area contributed by atoms with Gasteiger partial charge in [-0.25, -0.2) is 4.79 Å². The smallest absolute Gasteiger partial charge is 0.330 e. The zero-order valence-electron chi connectivity index (χ0n) is 16.0. The highest BCUT2D eigenvalue weighted by atomic mass is 32.2. The average molecular weight is 463 g/mol. The summed E-state index contributed by atoms with van der Waals surface area (Å²) in [4.78, 5) is 50.4. The number of carbonyl (C=O) groups excluding carboxylic acids is 4. The van der Waals surface area contributed by atoms with Gasteiger partial charge in [0.25, 0.3) is 11.8 Å². The molecule has 2 aliphatic rings. The fraction of sp³-hybridized carbons (Fsp3) is 0.211.